The number of hydrogen-bond acceptors (Lipinski definition) is 7. The van der Waals surface area contributed by atoms with E-state index in [1.54, 1.807) is 19.1 Å². The van der Waals surface area contributed by atoms with E-state index < -0.39 is 16.8 Å². The maximum atomic E-state index is 12.6. The van der Waals surface area contributed by atoms with Gasteiger partial charge in [-0.2, -0.15) is 5.10 Å². The Labute approximate surface area is 177 Å². The molecule has 0 aliphatic heterocycles. The van der Waals surface area contributed by atoms with Crippen LogP contribution in [0.2, 0.25) is 0 Å². The van der Waals surface area contributed by atoms with Crippen molar-refractivity contribution in [1.82, 2.24) is 9.78 Å². The molecule has 1 aromatic heterocycles. The topological polar surface area (TPSA) is 126 Å². The number of non-ortho nitro benzene ring substituents is 1. The Kier molecular flexibility index (Phi) is 6.29. The van der Waals surface area contributed by atoms with Crippen LogP contribution in [0, 0.1) is 17.0 Å². The molecule has 1 N–H and O–H groups in total. The maximum Gasteiger partial charge on any atom is 0.356 e. The lowest BCUT2D eigenvalue weighted by molar-refractivity contribution is -0.384. The molecule has 0 unspecified atom stereocenters. The average Bonchev–Trinajstić information content (AvgIpc) is 3.12. The summed E-state index contributed by atoms with van der Waals surface area (Å²) in [5.74, 6) is -0.581. The van der Waals surface area contributed by atoms with Crippen LogP contribution >= 0.6 is 0 Å². The largest absolute Gasteiger partial charge is 0.461 e. The summed E-state index contributed by atoms with van der Waals surface area (Å²) in [5.41, 5.74) is 0.988. The Morgan fingerprint density at radius 1 is 1.13 bits per heavy atom. The fourth-order valence-corrected chi connectivity index (χ4v) is 2.73. The summed E-state index contributed by atoms with van der Waals surface area (Å²) in [5, 5.41) is 17.9. The lowest BCUT2D eigenvalue weighted by atomic mass is 10.2. The minimum absolute atomic E-state index is 0.0435. The van der Waals surface area contributed by atoms with Crippen molar-refractivity contribution in [2.45, 2.75) is 13.8 Å². The van der Waals surface area contributed by atoms with Crippen molar-refractivity contribution < 1.29 is 24.0 Å². The lowest BCUT2D eigenvalue weighted by Gasteiger charge is -2.09. The minimum atomic E-state index is -0.645. The standard InChI is InChI=1S/C21H20N4O6/c1-4-30-21(27)19-12-18(23-24(19)3)20(26)22-14-9-15(25(28)29)11-17(10-14)31-16-7-5-13(2)6-8-16/h5-12H,4H2,1-3H3,(H,22,26). The summed E-state index contributed by atoms with van der Waals surface area (Å²) in [6.45, 7) is 3.78. The van der Waals surface area contributed by atoms with Gasteiger partial charge in [0.15, 0.2) is 5.69 Å². The van der Waals surface area contributed by atoms with Crippen LogP contribution in [0.3, 0.4) is 0 Å². The van der Waals surface area contributed by atoms with Crippen LogP contribution in [0.1, 0.15) is 33.5 Å². The van der Waals surface area contributed by atoms with Crippen LogP contribution < -0.4 is 10.1 Å². The van der Waals surface area contributed by atoms with Crippen molar-refractivity contribution in [3.8, 4) is 11.5 Å². The van der Waals surface area contributed by atoms with E-state index in [0.29, 0.717) is 5.75 Å². The molecule has 0 aliphatic rings. The molecule has 2 aromatic carbocycles. The molecule has 10 nitrogen and oxygen atoms in total. The van der Waals surface area contributed by atoms with Crippen molar-refractivity contribution in [2.24, 2.45) is 7.05 Å². The fourth-order valence-electron chi connectivity index (χ4n) is 2.73. The molecule has 0 aliphatic carbocycles. The second-order valence-corrected chi connectivity index (χ2v) is 6.60. The summed E-state index contributed by atoms with van der Waals surface area (Å²) in [7, 11) is 1.50. The average molecular weight is 424 g/mol. The van der Waals surface area contributed by atoms with Gasteiger partial charge < -0.3 is 14.8 Å². The highest BCUT2D eigenvalue weighted by atomic mass is 16.6. The number of rotatable bonds is 7. The van der Waals surface area contributed by atoms with Crippen LogP contribution in [0.25, 0.3) is 0 Å². The second-order valence-electron chi connectivity index (χ2n) is 6.60. The molecule has 1 heterocycles. The van der Waals surface area contributed by atoms with Crippen molar-refractivity contribution in [2.75, 3.05) is 11.9 Å². The number of esters is 1. The van der Waals surface area contributed by atoms with Gasteiger partial charge in [-0.25, -0.2) is 4.79 Å². The summed E-state index contributed by atoms with van der Waals surface area (Å²) < 4.78 is 11.8. The van der Waals surface area contributed by atoms with Gasteiger partial charge in [-0.3, -0.25) is 19.6 Å². The monoisotopic (exact) mass is 424 g/mol. The number of aryl methyl sites for hydroxylation is 2. The third kappa shape index (κ3) is 5.24. The van der Waals surface area contributed by atoms with Crippen molar-refractivity contribution >= 4 is 23.3 Å². The van der Waals surface area contributed by atoms with E-state index in [-0.39, 0.29) is 35.1 Å². The first-order valence-electron chi connectivity index (χ1n) is 9.33. The van der Waals surface area contributed by atoms with Crippen LogP contribution in [-0.2, 0) is 11.8 Å². The van der Waals surface area contributed by atoms with Gasteiger partial charge in [0.1, 0.15) is 17.2 Å². The molecule has 10 heteroatoms. The molecule has 0 bridgehead atoms. The molecular weight excluding hydrogens is 404 g/mol. The Bertz CT molecular complexity index is 1140. The van der Waals surface area contributed by atoms with E-state index in [1.165, 1.54) is 36.0 Å². The number of carbonyl (C=O) groups is 2. The Morgan fingerprint density at radius 2 is 1.84 bits per heavy atom. The maximum absolute atomic E-state index is 12.6. The molecule has 3 aromatic rings. The fraction of sp³-hybridized carbons (Fsp3) is 0.190. The summed E-state index contributed by atoms with van der Waals surface area (Å²) in [6, 6.07) is 12.4. The second kappa shape index (κ2) is 9.08. The number of hydrogen-bond donors (Lipinski definition) is 1. The normalized spacial score (nSPS) is 10.4. The summed E-state index contributed by atoms with van der Waals surface area (Å²) in [6.07, 6.45) is 0. The molecule has 3 rings (SSSR count). The first-order chi connectivity index (χ1) is 14.8. The number of nitrogens with one attached hydrogen (secondary N) is 1. The van der Waals surface area contributed by atoms with Crippen LogP contribution in [-0.4, -0.2) is 33.2 Å². The zero-order chi connectivity index (χ0) is 22.5. The van der Waals surface area contributed by atoms with Crippen LogP contribution in [0.4, 0.5) is 11.4 Å². The lowest BCUT2D eigenvalue weighted by Crippen LogP contribution is -2.13. The van der Waals surface area contributed by atoms with E-state index in [1.807, 2.05) is 19.1 Å². The number of nitro benzene ring substituents is 1. The predicted octanol–water partition coefficient (Wildman–Crippen LogP) is 3.86. The molecule has 0 spiro atoms. The number of aromatic nitrogens is 2. The number of carbonyl (C=O) groups excluding carboxylic acids is 2. The van der Waals surface area contributed by atoms with E-state index >= 15 is 0 Å². The van der Waals surface area contributed by atoms with Crippen molar-refractivity contribution in [3.05, 3.63) is 75.6 Å². The number of anilines is 1. The minimum Gasteiger partial charge on any atom is -0.461 e. The van der Waals surface area contributed by atoms with E-state index in [4.69, 9.17) is 9.47 Å². The Hall–Kier alpha value is -4.21. The highest BCUT2D eigenvalue weighted by Crippen LogP contribution is 2.30. The molecule has 1 amide bonds. The first kappa shape index (κ1) is 21.5. The van der Waals surface area contributed by atoms with Crippen molar-refractivity contribution in [1.29, 1.82) is 0 Å². The number of benzene rings is 2. The van der Waals surface area contributed by atoms with Gasteiger partial charge in [0.2, 0.25) is 0 Å². The molecule has 0 radical (unpaired) electrons. The molecule has 31 heavy (non-hydrogen) atoms. The predicted molar refractivity (Wildman–Crippen MR) is 111 cm³/mol. The van der Waals surface area contributed by atoms with Crippen molar-refractivity contribution in [3.63, 3.8) is 0 Å². The zero-order valence-corrected chi connectivity index (χ0v) is 17.1. The number of ether oxygens (including phenoxy) is 2. The third-order valence-electron chi connectivity index (χ3n) is 4.21. The molecule has 0 fully saturated rings. The zero-order valence-electron chi connectivity index (χ0n) is 17.1. The molecule has 0 saturated heterocycles. The van der Waals surface area contributed by atoms with E-state index in [2.05, 4.69) is 10.4 Å². The smallest absolute Gasteiger partial charge is 0.356 e. The van der Waals surface area contributed by atoms with Gasteiger partial charge in [-0.15, -0.1) is 0 Å². The van der Waals surface area contributed by atoms with Gasteiger partial charge in [-0.1, -0.05) is 17.7 Å². The quantitative estimate of drug-likeness (QED) is 0.347. The van der Waals surface area contributed by atoms with Gasteiger partial charge in [0.05, 0.1) is 23.3 Å². The first-order valence-corrected chi connectivity index (χ1v) is 9.33. The molecular formula is C21H20N4O6. The SMILES string of the molecule is CCOC(=O)c1cc(C(=O)Nc2cc(Oc3ccc(C)cc3)cc([N+](=O)[O-])c2)nn1C. The van der Waals surface area contributed by atoms with Gasteiger partial charge in [-0.05, 0) is 26.0 Å². The summed E-state index contributed by atoms with van der Waals surface area (Å²) >= 11 is 0. The molecule has 0 saturated carbocycles. The Morgan fingerprint density at radius 3 is 2.48 bits per heavy atom. The van der Waals surface area contributed by atoms with Gasteiger partial charge >= 0.3 is 5.97 Å². The van der Waals surface area contributed by atoms with Crippen LogP contribution in [0.15, 0.2) is 48.5 Å². The highest BCUT2D eigenvalue weighted by Gasteiger charge is 2.20. The van der Waals surface area contributed by atoms with Crippen LogP contribution in [0.5, 0.6) is 11.5 Å². The number of nitrogens with zero attached hydrogens (tertiary/aromatic N) is 3. The third-order valence-corrected chi connectivity index (χ3v) is 4.21. The van der Waals surface area contributed by atoms with E-state index in [9.17, 15) is 19.7 Å². The Balaban J connectivity index is 1.85. The number of nitro groups is 1. The van der Waals surface area contributed by atoms with Gasteiger partial charge in [0.25, 0.3) is 11.6 Å². The number of amides is 1. The molecule has 160 valence electrons. The summed E-state index contributed by atoms with van der Waals surface area (Å²) in [4.78, 5) is 35.2. The highest BCUT2D eigenvalue weighted by molar-refractivity contribution is 6.04. The van der Waals surface area contributed by atoms with E-state index in [0.717, 1.165) is 5.56 Å². The molecule has 0 atom stereocenters. The van der Waals surface area contributed by atoms with Gasteiger partial charge in [0, 0.05) is 25.2 Å².